The molecule has 0 aliphatic heterocycles. The zero-order valence-electron chi connectivity index (χ0n) is 43.2. The molecule has 0 radical (unpaired) electrons. The molecule has 0 saturated heterocycles. The van der Waals surface area contributed by atoms with Crippen LogP contribution < -0.4 is 0 Å². The lowest BCUT2D eigenvalue weighted by atomic mass is 10.1. The molecule has 0 aliphatic rings. The van der Waals surface area contributed by atoms with Gasteiger partial charge >= 0.3 is 17.9 Å². The first kappa shape index (κ1) is 62.6. The normalized spacial score (nSPS) is 12.7. The summed E-state index contributed by atoms with van der Waals surface area (Å²) in [5.74, 6) is -0.956. The number of carbonyl (C=O) groups is 3. The van der Waals surface area contributed by atoms with Gasteiger partial charge in [-0.2, -0.15) is 0 Å². The van der Waals surface area contributed by atoms with E-state index in [1.165, 1.54) is 109 Å². The second kappa shape index (κ2) is 54.2. The molecular formula is C60H102O6. The summed E-state index contributed by atoms with van der Waals surface area (Å²) in [5, 5.41) is 0. The van der Waals surface area contributed by atoms with Crippen LogP contribution in [0.4, 0.5) is 0 Å². The fraction of sp³-hybridized carbons (Fsp3) is 0.717. The van der Waals surface area contributed by atoms with Gasteiger partial charge in [0, 0.05) is 19.3 Å². The molecule has 0 spiro atoms. The van der Waals surface area contributed by atoms with Crippen molar-refractivity contribution in [3.05, 3.63) is 85.1 Å². The van der Waals surface area contributed by atoms with Crippen LogP contribution in [0.5, 0.6) is 0 Å². The molecule has 0 rings (SSSR count). The fourth-order valence-corrected chi connectivity index (χ4v) is 7.46. The highest BCUT2D eigenvalue weighted by molar-refractivity contribution is 5.71. The molecule has 0 bridgehead atoms. The van der Waals surface area contributed by atoms with Crippen LogP contribution in [0, 0.1) is 0 Å². The van der Waals surface area contributed by atoms with Crippen LogP contribution >= 0.6 is 0 Å². The average molecular weight is 919 g/mol. The monoisotopic (exact) mass is 919 g/mol. The Kier molecular flexibility index (Phi) is 51.4. The minimum atomic E-state index is -0.803. The quantitative estimate of drug-likeness (QED) is 0.0262. The number of allylic oxidation sites excluding steroid dienone is 14. The minimum absolute atomic E-state index is 0.0979. The number of esters is 3. The highest BCUT2D eigenvalue weighted by Gasteiger charge is 2.19. The van der Waals surface area contributed by atoms with Crippen molar-refractivity contribution in [2.45, 2.75) is 264 Å². The molecule has 0 aromatic rings. The van der Waals surface area contributed by atoms with Crippen LogP contribution in [0.1, 0.15) is 258 Å². The van der Waals surface area contributed by atoms with E-state index in [1.807, 2.05) is 0 Å². The summed E-state index contributed by atoms with van der Waals surface area (Å²) in [4.78, 5) is 38.1. The van der Waals surface area contributed by atoms with Gasteiger partial charge in [0.2, 0.25) is 0 Å². The van der Waals surface area contributed by atoms with Crippen LogP contribution in [-0.4, -0.2) is 37.2 Å². The molecular weight excluding hydrogens is 817 g/mol. The van der Waals surface area contributed by atoms with Crippen molar-refractivity contribution in [3.63, 3.8) is 0 Å². The number of carbonyl (C=O) groups excluding carboxylic acids is 3. The van der Waals surface area contributed by atoms with Crippen molar-refractivity contribution in [1.29, 1.82) is 0 Å². The van der Waals surface area contributed by atoms with E-state index < -0.39 is 6.10 Å². The third-order valence-electron chi connectivity index (χ3n) is 11.6. The molecule has 0 saturated carbocycles. The van der Waals surface area contributed by atoms with Crippen molar-refractivity contribution < 1.29 is 28.6 Å². The molecule has 0 aromatic carbocycles. The number of ether oxygens (including phenoxy) is 3. The van der Waals surface area contributed by atoms with Gasteiger partial charge in [-0.05, 0) is 116 Å². The van der Waals surface area contributed by atoms with Gasteiger partial charge in [-0.1, -0.05) is 209 Å². The maximum atomic E-state index is 12.8. The lowest BCUT2D eigenvalue weighted by Crippen LogP contribution is -2.30. The smallest absolute Gasteiger partial charge is 0.306 e. The Bertz CT molecular complexity index is 1290. The number of rotatable bonds is 49. The van der Waals surface area contributed by atoms with E-state index in [0.717, 1.165) is 109 Å². The molecule has 0 aromatic heterocycles. The van der Waals surface area contributed by atoms with Crippen molar-refractivity contribution in [3.8, 4) is 0 Å². The molecule has 6 heteroatoms. The van der Waals surface area contributed by atoms with E-state index >= 15 is 0 Å². The molecule has 0 fully saturated rings. The fourth-order valence-electron chi connectivity index (χ4n) is 7.46. The van der Waals surface area contributed by atoms with Crippen LogP contribution in [0.25, 0.3) is 0 Å². The largest absolute Gasteiger partial charge is 0.462 e. The van der Waals surface area contributed by atoms with Crippen molar-refractivity contribution in [2.24, 2.45) is 0 Å². The molecule has 6 nitrogen and oxygen atoms in total. The van der Waals surface area contributed by atoms with Gasteiger partial charge in [-0.15, -0.1) is 0 Å². The van der Waals surface area contributed by atoms with Crippen LogP contribution in [0.3, 0.4) is 0 Å². The number of unbranched alkanes of at least 4 members (excludes halogenated alkanes) is 24. The number of hydrogen-bond donors (Lipinski definition) is 0. The highest BCUT2D eigenvalue weighted by atomic mass is 16.6. The Morgan fingerprint density at radius 3 is 0.985 bits per heavy atom. The first-order valence-electron chi connectivity index (χ1n) is 27.6. The topological polar surface area (TPSA) is 78.9 Å². The number of hydrogen-bond acceptors (Lipinski definition) is 6. The van der Waals surface area contributed by atoms with Gasteiger partial charge in [0.15, 0.2) is 6.10 Å². The van der Waals surface area contributed by atoms with Gasteiger partial charge in [0.25, 0.3) is 0 Å². The van der Waals surface area contributed by atoms with E-state index in [2.05, 4.69) is 106 Å². The van der Waals surface area contributed by atoms with E-state index in [9.17, 15) is 14.4 Å². The Hall–Kier alpha value is -3.41. The maximum Gasteiger partial charge on any atom is 0.306 e. The third-order valence-corrected chi connectivity index (χ3v) is 11.6. The maximum absolute atomic E-state index is 12.8. The summed E-state index contributed by atoms with van der Waals surface area (Å²) in [6.07, 6.45) is 70.0. The molecule has 0 heterocycles. The standard InChI is InChI=1S/C60H102O6/c1-4-7-10-13-16-19-22-25-28-30-33-35-38-41-44-47-50-53-59(62)65-56-57(55-64-58(61)52-49-46-43-40-37-34-31-27-24-21-18-15-12-9-6-3)66-60(63)54-51-48-45-42-39-36-32-29-26-23-20-17-14-11-8-5-2/h9,12,18,20-21,23,25,27-29,31-32,37,40,57H,4-8,10-11,13-17,19,22,24,26,30,33-36,38-39,41-56H2,1-3H3/b12-9-,21-18-,23-20-,28-25-,31-27-,32-29-,40-37-. The molecule has 378 valence electrons. The third kappa shape index (κ3) is 51.6. The highest BCUT2D eigenvalue weighted by Crippen LogP contribution is 2.14. The molecule has 1 unspecified atom stereocenters. The average Bonchev–Trinajstić information content (AvgIpc) is 3.31. The summed E-state index contributed by atoms with van der Waals surface area (Å²) >= 11 is 0. The Morgan fingerprint density at radius 1 is 0.318 bits per heavy atom. The summed E-state index contributed by atoms with van der Waals surface area (Å²) in [6, 6.07) is 0. The first-order chi connectivity index (χ1) is 32.5. The van der Waals surface area contributed by atoms with Crippen molar-refractivity contribution >= 4 is 17.9 Å². The Labute approximate surface area is 407 Å². The predicted molar refractivity (Wildman–Crippen MR) is 284 cm³/mol. The second-order valence-electron chi connectivity index (χ2n) is 18.1. The van der Waals surface area contributed by atoms with E-state index in [-0.39, 0.29) is 31.1 Å². The van der Waals surface area contributed by atoms with E-state index in [1.54, 1.807) is 0 Å². The SMILES string of the molecule is CC/C=C\C/C=C\C/C=C\C/C=C\CCCCC(=O)OCC(COC(=O)CCCCCCCCC/C=C\CCCCCCCC)OC(=O)CCCCCCC/C=C\C/C=C\CCCCCC. The van der Waals surface area contributed by atoms with Gasteiger partial charge < -0.3 is 14.2 Å². The van der Waals surface area contributed by atoms with Gasteiger partial charge in [-0.3, -0.25) is 14.4 Å². The van der Waals surface area contributed by atoms with Gasteiger partial charge in [0.05, 0.1) is 0 Å². The Balaban J connectivity index is 4.47. The lowest BCUT2D eigenvalue weighted by molar-refractivity contribution is -0.167. The van der Waals surface area contributed by atoms with E-state index in [4.69, 9.17) is 14.2 Å². The van der Waals surface area contributed by atoms with Gasteiger partial charge in [0.1, 0.15) is 13.2 Å². The summed E-state index contributed by atoms with van der Waals surface area (Å²) in [5.41, 5.74) is 0. The molecule has 0 amide bonds. The zero-order chi connectivity index (χ0) is 47.9. The minimum Gasteiger partial charge on any atom is -0.462 e. The summed E-state index contributed by atoms with van der Waals surface area (Å²) in [7, 11) is 0. The summed E-state index contributed by atoms with van der Waals surface area (Å²) in [6.45, 7) is 6.46. The zero-order valence-corrected chi connectivity index (χ0v) is 43.2. The van der Waals surface area contributed by atoms with Gasteiger partial charge in [-0.25, -0.2) is 0 Å². The molecule has 66 heavy (non-hydrogen) atoms. The van der Waals surface area contributed by atoms with Crippen LogP contribution in [0.2, 0.25) is 0 Å². The van der Waals surface area contributed by atoms with Crippen molar-refractivity contribution in [2.75, 3.05) is 13.2 Å². The molecule has 0 N–H and O–H groups in total. The summed E-state index contributed by atoms with van der Waals surface area (Å²) < 4.78 is 16.8. The van der Waals surface area contributed by atoms with Crippen LogP contribution in [-0.2, 0) is 28.6 Å². The van der Waals surface area contributed by atoms with E-state index in [0.29, 0.717) is 19.3 Å². The first-order valence-corrected chi connectivity index (χ1v) is 27.6. The molecule has 0 aliphatic carbocycles. The van der Waals surface area contributed by atoms with Crippen molar-refractivity contribution in [1.82, 2.24) is 0 Å². The Morgan fingerprint density at radius 2 is 0.591 bits per heavy atom. The second-order valence-corrected chi connectivity index (χ2v) is 18.1. The molecule has 1 atom stereocenters. The van der Waals surface area contributed by atoms with Crippen LogP contribution in [0.15, 0.2) is 85.1 Å². The lowest BCUT2D eigenvalue weighted by Gasteiger charge is -2.18. The predicted octanol–water partition coefficient (Wildman–Crippen LogP) is 18.4.